The maximum atomic E-state index is 13.7. The monoisotopic (exact) mass is 453 g/mol. The molecule has 1 heterocycles. The Morgan fingerprint density at radius 3 is 2.41 bits per heavy atom. The summed E-state index contributed by atoms with van der Waals surface area (Å²) in [4.78, 5) is 17.9. The number of aromatic nitrogens is 1. The van der Waals surface area contributed by atoms with Crippen molar-refractivity contribution in [2.75, 3.05) is 20.7 Å². The Kier molecular flexibility index (Phi) is 8.11. The number of hydrazine groups is 1. The van der Waals surface area contributed by atoms with Crippen molar-refractivity contribution in [3.63, 3.8) is 0 Å². The van der Waals surface area contributed by atoms with Gasteiger partial charge in [0.25, 0.3) is 6.43 Å². The van der Waals surface area contributed by atoms with E-state index >= 15 is 0 Å². The van der Waals surface area contributed by atoms with Gasteiger partial charge in [0.05, 0.1) is 23.2 Å². The molecule has 3 rings (SSSR count). The summed E-state index contributed by atoms with van der Waals surface area (Å²) < 4.78 is 38.6. The Bertz CT molecular complexity index is 824. The van der Waals surface area contributed by atoms with Crippen LogP contribution in [-0.4, -0.2) is 53.8 Å². The molecule has 0 unspecified atom stereocenters. The molecule has 0 atom stereocenters. The molecule has 0 bridgehead atoms. The van der Waals surface area contributed by atoms with E-state index in [1.807, 2.05) is 0 Å². The van der Waals surface area contributed by atoms with Gasteiger partial charge in [-0.25, -0.2) is 24.4 Å². The Morgan fingerprint density at radius 2 is 1.84 bits per heavy atom. The Morgan fingerprint density at radius 1 is 1.16 bits per heavy atom. The summed E-state index contributed by atoms with van der Waals surface area (Å²) in [5.74, 6) is 5.94. The molecule has 8 nitrogen and oxygen atoms in total. The van der Waals surface area contributed by atoms with Gasteiger partial charge in [0.2, 0.25) is 0 Å². The van der Waals surface area contributed by atoms with Crippen LogP contribution in [-0.2, 0) is 4.74 Å². The van der Waals surface area contributed by atoms with Gasteiger partial charge in [0.15, 0.2) is 0 Å². The second-order valence-corrected chi connectivity index (χ2v) is 8.48. The normalized spacial score (nSPS) is 18.1. The lowest BCUT2D eigenvalue weighted by atomic mass is 9.92. The van der Waals surface area contributed by atoms with E-state index in [2.05, 4.69) is 4.98 Å². The average molecular weight is 454 g/mol. The van der Waals surface area contributed by atoms with E-state index in [9.17, 15) is 13.6 Å². The molecule has 0 radical (unpaired) electrons. The number of likely N-dealkylation sites (N-methyl/N-ethyl adjacent to an activating group) is 1. The first-order valence-electron chi connectivity index (χ1n) is 11.1. The highest BCUT2D eigenvalue weighted by Crippen LogP contribution is 2.32. The molecule has 4 N–H and O–H groups in total. The lowest BCUT2D eigenvalue weighted by molar-refractivity contribution is 0.0821. The molecule has 0 aliphatic heterocycles. The Labute approximate surface area is 187 Å². The van der Waals surface area contributed by atoms with E-state index < -0.39 is 18.2 Å². The van der Waals surface area contributed by atoms with Crippen molar-refractivity contribution in [3.8, 4) is 5.75 Å². The quantitative estimate of drug-likeness (QED) is 0.456. The van der Waals surface area contributed by atoms with Crippen molar-refractivity contribution in [2.24, 2.45) is 11.6 Å². The molecule has 1 amide bonds. The highest BCUT2D eigenvalue weighted by Gasteiger charge is 2.27. The van der Waals surface area contributed by atoms with Gasteiger partial charge in [0, 0.05) is 20.1 Å². The summed E-state index contributed by atoms with van der Waals surface area (Å²) in [5.41, 5.74) is 6.18. The molecule has 0 aromatic carbocycles. The average Bonchev–Trinajstić information content (AvgIpc) is 2.72. The first-order valence-corrected chi connectivity index (χ1v) is 11.1. The van der Waals surface area contributed by atoms with Crippen LogP contribution >= 0.6 is 0 Å². The number of ether oxygens (including phenoxy) is 2. The number of nitrogens with two attached hydrogens (primary N) is 2. The van der Waals surface area contributed by atoms with Crippen molar-refractivity contribution in [2.45, 2.75) is 69.9 Å². The molecular formula is C22H33F2N5O3. The standard InChI is InChI=1S/C22H33F2N5O3/c1-28(14-7-6-8-14)22(30)31-13-17(29(2)26)19(25)16-11-12-18(20(27-16)21(23)24)32-15-9-4-3-5-10-15/h11-12,14-15,21H,3-10,13,25-26H2,1-2H3/b19-17-. The summed E-state index contributed by atoms with van der Waals surface area (Å²) in [6.07, 6.45) is 4.46. The van der Waals surface area contributed by atoms with Gasteiger partial charge >= 0.3 is 6.09 Å². The van der Waals surface area contributed by atoms with Crippen LogP contribution in [0.25, 0.3) is 5.70 Å². The number of halogens is 2. The fourth-order valence-corrected chi connectivity index (χ4v) is 3.90. The lowest BCUT2D eigenvalue weighted by Crippen LogP contribution is -2.42. The van der Waals surface area contributed by atoms with Gasteiger partial charge in [-0.3, -0.25) is 0 Å². The Balaban J connectivity index is 1.77. The molecule has 2 aliphatic rings. The Hall–Kier alpha value is -2.62. The number of alkyl halides is 2. The minimum atomic E-state index is -2.82. The van der Waals surface area contributed by atoms with Gasteiger partial charge in [-0.15, -0.1) is 0 Å². The van der Waals surface area contributed by atoms with Gasteiger partial charge in [-0.1, -0.05) is 6.42 Å². The number of amides is 1. The number of hydrogen-bond acceptors (Lipinski definition) is 7. The topological polar surface area (TPSA) is 107 Å². The summed E-state index contributed by atoms with van der Waals surface area (Å²) in [7, 11) is 3.22. The van der Waals surface area contributed by atoms with Crippen LogP contribution < -0.4 is 16.3 Å². The van der Waals surface area contributed by atoms with Crippen LogP contribution in [0.15, 0.2) is 17.8 Å². The fraction of sp³-hybridized carbons (Fsp3) is 0.636. The fourth-order valence-electron chi connectivity index (χ4n) is 3.90. The number of hydrogen-bond donors (Lipinski definition) is 2. The second kappa shape index (κ2) is 10.8. The van der Waals surface area contributed by atoms with Crippen LogP contribution in [0.4, 0.5) is 13.6 Å². The van der Waals surface area contributed by atoms with E-state index in [0.717, 1.165) is 51.4 Å². The van der Waals surface area contributed by atoms with Crippen molar-refractivity contribution >= 4 is 11.8 Å². The third kappa shape index (κ3) is 5.79. The number of carbonyl (C=O) groups excluding carboxylic acids is 1. The molecule has 10 heteroatoms. The zero-order chi connectivity index (χ0) is 23.3. The smallest absolute Gasteiger partial charge is 0.410 e. The molecule has 2 saturated carbocycles. The zero-order valence-electron chi connectivity index (χ0n) is 18.7. The first-order chi connectivity index (χ1) is 15.3. The van der Waals surface area contributed by atoms with Crippen LogP contribution in [0.1, 0.15) is 69.2 Å². The van der Waals surface area contributed by atoms with Crippen LogP contribution in [0, 0.1) is 0 Å². The maximum Gasteiger partial charge on any atom is 0.410 e. The summed E-state index contributed by atoms with van der Waals surface area (Å²) in [6.45, 7) is -0.208. The minimum Gasteiger partial charge on any atom is -0.488 e. The van der Waals surface area contributed by atoms with Gasteiger partial charge in [-0.05, 0) is 57.1 Å². The summed E-state index contributed by atoms with van der Waals surface area (Å²) >= 11 is 0. The van der Waals surface area contributed by atoms with Crippen molar-refractivity contribution < 1.29 is 23.0 Å². The van der Waals surface area contributed by atoms with Crippen LogP contribution in [0.2, 0.25) is 0 Å². The van der Waals surface area contributed by atoms with E-state index in [4.69, 9.17) is 21.1 Å². The van der Waals surface area contributed by atoms with Gasteiger partial charge in [0.1, 0.15) is 18.1 Å². The van der Waals surface area contributed by atoms with Crippen molar-refractivity contribution in [1.29, 1.82) is 0 Å². The largest absolute Gasteiger partial charge is 0.488 e. The van der Waals surface area contributed by atoms with Crippen molar-refractivity contribution in [3.05, 3.63) is 29.2 Å². The number of nitrogens with zero attached hydrogens (tertiary/aromatic N) is 3. The molecule has 2 fully saturated rings. The highest BCUT2D eigenvalue weighted by molar-refractivity contribution is 5.69. The van der Waals surface area contributed by atoms with Crippen molar-refractivity contribution in [1.82, 2.24) is 14.9 Å². The zero-order valence-corrected chi connectivity index (χ0v) is 18.7. The third-order valence-electron chi connectivity index (χ3n) is 6.19. The van der Waals surface area contributed by atoms with Gasteiger partial charge in [-0.2, -0.15) is 0 Å². The maximum absolute atomic E-state index is 13.7. The van der Waals surface area contributed by atoms with Crippen LogP contribution in [0.3, 0.4) is 0 Å². The molecule has 178 valence electrons. The summed E-state index contributed by atoms with van der Waals surface area (Å²) in [6, 6.07) is 3.16. The third-order valence-corrected chi connectivity index (χ3v) is 6.19. The van der Waals surface area contributed by atoms with Crippen LogP contribution in [0.5, 0.6) is 5.75 Å². The summed E-state index contributed by atoms with van der Waals surface area (Å²) in [5, 5.41) is 1.20. The highest BCUT2D eigenvalue weighted by atomic mass is 19.3. The van der Waals surface area contributed by atoms with E-state index in [-0.39, 0.29) is 41.6 Å². The second-order valence-electron chi connectivity index (χ2n) is 8.48. The molecule has 1 aromatic rings. The number of rotatable bonds is 8. The predicted octanol–water partition coefficient (Wildman–Crippen LogP) is 3.78. The lowest BCUT2D eigenvalue weighted by Gasteiger charge is -2.34. The molecule has 0 spiro atoms. The predicted molar refractivity (Wildman–Crippen MR) is 117 cm³/mol. The molecule has 32 heavy (non-hydrogen) atoms. The minimum absolute atomic E-state index is 0.0558. The van der Waals surface area contributed by atoms with E-state index in [1.54, 1.807) is 11.9 Å². The SMILES string of the molecule is CN(N)/C(COC(=O)N(C)C1CCC1)=C(\N)c1ccc(OC2CCCCC2)c(C(F)F)n1. The first kappa shape index (κ1) is 24.0. The van der Waals surface area contributed by atoms with E-state index in [1.165, 1.54) is 24.2 Å². The number of pyridine rings is 1. The molecule has 2 aliphatic carbocycles. The van der Waals surface area contributed by atoms with E-state index in [0.29, 0.717) is 0 Å². The molecule has 0 saturated heterocycles. The number of carbonyl (C=O) groups is 1. The molecular weight excluding hydrogens is 420 g/mol. The molecule has 1 aromatic heterocycles. The van der Waals surface area contributed by atoms with Gasteiger partial charge < -0.3 is 25.1 Å².